The van der Waals surface area contributed by atoms with E-state index in [-0.39, 0.29) is 0 Å². The number of hydrogen-bond acceptors (Lipinski definition) is 4. The average Bonchev–Trinajstić information content (AvgIpc) is 2.07. The van der Waals surface area contributed by atoms with Crippen molar-refractivity contribution in [3.05, 3.63) is 0 Å². The molecule has 0 bridgehead atoms. The van der Waals surface area contributed by atoms with E-state index in [2.05, 4.69) is 10.5 Å². The van der Waals surface area contributed by atoms with Crippen molar-refractivity contribution in [1.29, 1.82) is 5.26 Å². The second kappa shape index (κ2) is 6.16. The number of carbonyl (C=O) groups is 1. The van der Waals surface area contributed by atoms with Crippen molar-refractivity contribution < 1.29 is 10.0 Å². The molecule has 2 N–H and O–H groups in total. The highest BCUT2D eigenvalue weighted by Gasteiger charge is 2.09. The Morgan fingerprint density at radius 1 is 1.75 bits per heavy atom. The monoisotopic (exact) mass is 169 g/mol. The SMILES string of the molecule is CCCCNC(=O)/C(C#N)=N/O. The molecule has 0 atom stereocenters. The van der Waals surface area contributed by atoms with E-state index in [1.54, 1.807) is 0 Å². The molecule has 0 saturated carbocycles. The average molecular weight is 169 g/mol. The van der Waals surface area contributed by atoms with E-state index in [0.29, 0.717) is 6.54 Å². The van der Waals surface area contributed by atoms with Gasteiger partial charge in [0.05, 0.1) is 0 Å². The van der Waals surface area contributed by atoms with Gasteiger partial charge < -0.3 is 10.5 Å². The Labute approximate surface area is 70.7 Å². The van der Waals surface area contributed by atoms with Gasteiger partial charge in [-0.1, -0.05) is 18.5 Å². The Bertz CT molecular complexity index is 217. The molecule has 0 rings (SSSR count). The molecule has 0 aliphatic heterocycles. The molecule has 0 heterocycles. The molecule has 0 aliphatic carbocycles. The lowest BCUT2D eigenvalue weighted by Crippen LogP contribution is -2.30. The summed E-state index contributed by atoms with van der Waals surface area (Å²) >= 11 is 0. The molecule has 0 aromatic heterocycles. The predicted octanol–water partition coefficient (Wildman–Crippen LogP) is 0.256. The fraction of sp³-hybridized carbons (Fsp3) is 0.571. The number of hydrogen-bond donors (Lipinski definition) is 2. The Morgan fingerprint density at radius 2 is 2.42 bits per heavy atom. The van der Waals surface area contributed by atoms with Gasteiger partial charge >= 0.3 is 0 Å². The zero-order chi connectivity index (χ0) is 9.40. The zero-order valence-corrected chi connectivity index (χ0v) is 6.87. The van der Waals surface area contributed by atoms with Crippen LogP contribution in [0.25, 0.3) is 0 Å². The molecule has 0 aliphatic rings. The number of carbonyl (C=O) groups excluding carboxylic acids is 1. The number of rotatable bonds is 4. The molecule has 0 saturated heterocycles. The highest BCUT2D eigenvalue weighted by molar-refractivity contribution is 6.44. The van der Waals surface area contributed by atoms with E-state index in [1.165, 1.54) is 6.07 Å². The second-order valence-corrected chi connectivity index (χ2v) is 2.17. The van der Waals surface area contributed by atoms with Crippen LogP contribution in [0.1, 0.15) is 19.8 Å². The lowest BCUT2D eigenvalue weighted by atomic mass is 10.3. The Morgan fingerprint density at radius 3 is 2.83 bits per heavy atom. The summed E-state index contributed by atoms with van der Waals surface area (Å²) in [6.07, 6.45) is 1.80. The van der Waals surface area contributed by atoms with E-state index in [1.807, 2.05) is 6.92 Å². The van der Waals surface area contributed by atoms with E-state index in [0.717, 1.165) is 12.8 Å². The molecule has 5 heteroatoms. The van der Waals surface area contributed by atoms with Gasteiger partial charge in [0.25, 0.3) is 5.91 Å². The van der Waals surface area contributed by atoms with Crippen LogP contribution in [0.3, 0.4) is 0 Å². The van der Waals surface area contributed by atoms with Crippen LogP contribution in [-0.4, -0.2) is 23.4 Å². The maximum atomic E-state index is 10.9. The molecular weight excluding hydrogens is 158 g/mol. The number of nitrogens with zero attached hydrogens (tertiary/aromatic N) is 2. The fourth-order valence-electron chi connectivity index (χ4n) is 0.581. The summed E-state index contributed by atoms with van der Waals surface area (Å²) in [6, 6.07) is 1.47. The maximum Gasteiger partial charge on any atom is 0.284 e. The first kappa shape index (κ1) is 10.4. The Hall–Kier alpha value is -1.57. The van der Waals surface area contributed by atoms with Gasteiger partial charge in [0.2, 0.25) is 5.71 Å². The standard InChI is InChI=1S/C7H11N3O2/c1-2-3-4-9-7(11)6(5-8)10-12/h12H,2-4H2,1H3,(H,9,11)/b10-6+. The maximum absolute atomic E-state index is 10.9. The minimum absolute atomic E-state index is 0.496. The largest absolute Gasteiger partial charge is 0.410 e. The van der Waals surface area contributed by atoms with E-state index >= 15 is 0 Å². The first-order chi connectivity index (χ1) is 5.76. The van der Waals surface area contributed by atoms with E-state index < -0.39 is 11.6 Å². The summed E-state index contributed by atoms with van der Waals surface area (Å²) in [5.41, 5.74) is -0.508. The molecule has 12 heavy (non-hydrogen) atoms. The van der Waals surface area contributed by atoms with Gasteiger partial charge in [-0.05, 0) is 6.42 Å². The van der Waals surface area contributed by atoms with Crippen LogP contribution in [0.15, 0.2) is 5.16 Å². The first-order valence-electron chi connectivity index (χ1n) is 3.66. The summed E-state index contributed by atoms with van der Waals surface area (Å²) < 4.78 is 0. The number of nitrogens with one attached hydrogen (secondary N) is 1. The topological polar surface area (TPSA) is 85.5 Å². The molecule has 0 aromatic carbocycles. The number of oxime groups is 1. The quantitative estimate of drug-likeness (QED) is 0.274. The molecule has 5 nitrogen and oxygen atoms in total. The van der Waals surface area contributed by atoms with Crippen LogP contribution >= 0.6 is 0 Å². The number of amides is 1. The summed E-state index contributed by atoms with van der Waals surface area (Å²) in [4.78, 5) is 10.9. The van der Waals surface area contributed by atoms with Gasteiger partial charge in [-0.2, -0.15) is 5.26 Å². The summed E-state index contributed by atoms with van der Waals surface area (Å²) in [5.74, 6) is -0.631. The van der Waals surface area contributed by atoms with E-state index in [9.17, 15) is 4.79 Å². The van der Waals surface area contributed by atoms with Crippen LogP contribution in [-0.2, 0) is 4.79 Å². The lowest BCUT2D eigenvalue weighted by molar-refractivity contribution is -0.114. The molecule has 0 unspecified atom stereocenters. The van der Waals surface area contributed by atoms with Crippen LogP contribution < -0.4 is 5.32 Å². The normalized spacial score (nSPS) is 10.5. The molecule has 66 valence electrons. The molecule has 0 aromatic rings. The van der Waals surface area contributed by atoms with Crippen molar-refractivity contribution in [3.8, 4) is 6.07 Å². The highest BCUT2D eigenvalue weighted by Crippen LogP contribution is 1.83. The van der Waals surface area contributed by atoms with Gasteiger partial charge in [0.15, 0.2) is 0 Å². The Balaban J connectivity index is 3.81. The number of unbranched alkanes of at least 4 members (excludes halogenated alkanes) is 1. The third-order valence-electron chi connectivity index (χ3n) is 1.24. The third-order valence-corrected chi connectivity index (χ3v) is 1.24. The molecule has 1 amide bonds. The Kier molecular flexibility index (Phi) is 5.35. The van der Waals surface area contributed by atoms with Crippen molar-refractivity contribution in [2.45, 2.75) is 19.8 Å². The smallest absolute Gasteiger partial charge is 0.284 e. The second-order valence-electron chi connectivity index (χ2n) is 2.17. The van der Waals surface area contributed by atoms with Crippen molar-refractivity contribution in [1.82, 2.24) is 5.32 Å². The predicted molar refractivity (Wildman–Crippen MR) is 42.8 cm³/mol. The zero-order valence-electron chi connectivity index (χ0n) is 6.87. The van der Waals surface area contributed by atoms with Gasteiger partial charge in [0.1, 0.15) is 6.07 Å². The minimum atomic E-state index is -0.631. The van der Waals surface area contributed by atoms with Gasteiger partial charge in [-0.25, -0.2) is 0 Å². The van der Waals surface area contributed by atoms with Crippen molar-refractivity contribution >= 4 is 11.6 Å². The summed E-state index contributed by atoms with van der Waals surface area (Å²) in [5, 5.41) is 21.4. The first-order valence-corrected chi connectivity index (χ1v) is 3.66. The van der Waals surface area contributed by atoms with Crippen LogP contribution in [0.5, 0.6) is 0 Å². The summed E-state index contributed by atoms with van der Waals surface area (Å²) in [7, 11) is 0. The van der Waals surface area contributed by atoms with Gasteiger partial charge in [-0.15, -0.1) is 0 Å². The molecule has 0 fully saturated rings. The molecule has 0 radical (unpaired) electrons. The van der Waals surface area contributed by atoms with Crippen molar-refractivity contribution in [3.63, 3.8) is 0 Å². The summed E-state index contributed by atoms with van der Waals surface area (Å²) in [6.45, 7) is 2.48. The third kappa shape index (κ3) is 3.56. The fourth-order valence-corrected chi connectivity index (χ4v) is 0.581. The number of nitriles is 1. The van der Waals surface area contributed by atoms with Crippen LogP contribution in [0, 0.1) is 11.3 Å². The van der Waals surface area contributed by atoms with Crippen molar-refractivity contribution in [2.24, 2.45) is 5.16 Å². The highest BCUT2D eigenvalue weighted by atomic mass is 16.4. The van der Waals surface area contributed by atoms with Gasteiger partial charge in [0, 0.05) is 6.54 Å². The van der Waals surface area contributed by atoms with Gasteiger partial charge in [-0.3, -0.25) is 4.79 Å². The molecular formula is C7H11N3O2. The van der Waals surface area contributed by atoms with Crippen molar-refractivity contribution in [2.75, 3.05) is 6.54 Å². The van der Waals surface area contributed by atoms with E-state index in [4.69, 9.17) is 10.5 Å². The van der Waals surface area contributed by atoms with Crippen LogP contribution in [0.4, 0.5) is 0 Å². The minimum Gasteiger partial charge on any atom is -0.410 e. The van der Waals surface area contributed by atoms with Crippen LogP contribution in [0.2, 0.25) is 0 Å². The molecule has 0 spiro atoms. The lowest BCUT2D eigenvalue weighted by Gasteiger charge is -1.99.